The monoisotopic (exact) mass is 186 g/mol. The van der Waals surface area contributed by atoms with Gasteiger partial charge in [-0.1, -0.05) is 35.9 Å². The van der Waals surface area contributed by atoms with Crippen LogP contribution in [0, 0.1) is 0 Å². The maximum absolute atomic E-state index is 10.8. The maximum Gasteiger partial charge on any atom is 0.152 e. The molecule has 1 heteroatoms. The number of ketones is 1. The van der Waals surface area contributed by atoms with E-state index in [2.05, 4.69) is 24.3 Å². The first-order chi connectivity index (χ1) is 6.75. The topological polar surface area (TPSA) is 17.1 Å². The molecule has 0 aliphatic heterocycles. The van der Waals surface area contributed by atoms with Crippen LogP contribution < -0.4 is 0 Å². The Kier molecular flexibility index (Phi) is 2.49. The molecule has 0 unspecified atom stereocenters. The second-order valence-corrected chi connectivity index (χ2v) is 3.93. The third-order valence-corrected chi connectivity index (χ3v) is 2.70. The van der Waals surface area contributed by atoms with Crippen molar-refractivity contribution in [2.75, 3.05) is 0 Å². The molecule has 0 bridgehead atoms. The fraction of sp³-hybridized carbons (Fsp3) is 0.308. The lowest BCUT2D eigenvalue weighted by Crippen LogP contribution is -2.13. The minimum absolute atomic E-state index is 0.173. The van der Waals surface area contributed by atoms with Gasteiger partial charge in [0.05, 0.1) is 0 Å². The highest BCUT2D eigenvalue weighted by atomic mass is 16.1. The first-order valence-electron chi connectivity index (χ1n) is 5.00. The van der Waals surface area contributed by atoms with Crippen LogP contribution in [-0.4, -0.2) is 5.78 Å². The van der Waals surface area contributed by atoms with Crippen LogP contribution in [0.1, 0.15) is 31.2 Å². The summed E-state index contributed by atoms with van der Waals surface area (Å²) in [6.07, 6.45) is 3.90. The van der Waals surface area contributed by atoms with E-state index < -0.39 is 0 Å². The largest absolute Gasteiger partial charge is 0.295 e. The fourth-order valence-electron chi connectivity index (χ4n) is 1.94. The molecule has 14 heavy (non-hydrogen) atoms. The molecular weight excluding hydrogens is 172 g/mol. The zero-order valence-corrected chi connectivity index (χ0v) is 8.36. The number of carbonyl (C=O) groups excluding carboxylic acids is 1. The molecule has 72 valence electrons. The summed E-state index contributed by atoms with van der Waals surface area (Å²) in [6.45, 7) is 1.61. The van der Waals surface area contributed by atoms with Crippen LogP contribution in [0.2, 0.25) is 0 Å². The van der Waals surface area contributed by atoms with E-state index in [9.17, 15) is 4.79 Å². The van der Waals surface area contributed by atoms with Crippen molar-refractivity contribution in [3.8, 4) is 0 Å². The van der Waals surface area contributed by atoms with Crippen LogP contribution in [-0.2, 0) is 4.79 Å². The molecule has 0 aromatic heterocycles. The van der Waals surface area contributed by atoms with Crippen molar-refractivity contribution in [3.63, 3.8) is 0 Å². The third-order valence-electron chi connectivity index (χ3n) is 2.70. The predicted molar refractivity (Wildman–Crippen MR) is 57.2 cm³/mol. The van der Waals surface area contributed by atoms with Gasteiger partial charge in [0.2, 0.25) is 0 Å². The molecule has 1 aromatic carbocycles. The van der Waals surface area contributed by atoms with Crippen molar-refractivity contribution in [1.82, 2.24) is 0 Å². The first kappa shape index (κ1) is 9.20. The Morgan fingerprint density at radius 3 is 2.50 bits per heavy atom. The quantitative estimate of drug-likeness (QED) is 0.649. The van der Waals surface area contributed by atoms with Crippen molar-refractivity contribution in [1.29, 1.82) is 0 Å². The molecule has 1 nitrogen and oxygen atoms in total. The van der Waals surface area contributed by atoms with E-state index in [1.54, 1.807) is 13.0 Å². The van der Waals surface area contributed by atoms with Crippen molar-refractivity contribution in [3.05, 3.63) is 47.5 Å². The summed E-state index contributed by atoms with van der Waals surface area (Å²) < 4.78 is 0. The molecule has 1 aliphatic rings. The van der Waals surface area contributed by atoms with Gasteiger partial charge in [-0.25, -0.2) is 0 Å². The summed E-state index contributed by atoms with van der Waals surface area (Å²) in [4.78, 5) is 10.8. The molecule has 0 saturated heterocycles. The molecule has 0 radical (unpaired) electrons. The van der Waals surface area contributed by atoms with Gasteiger partial charge < -0.3 is 0 Å². The second kappa shape index (κ2) is 3.79. The van der Waals surface area contributed by atoms with Gasteiger partial charge in [-0.05, 0) is 37.3 Å². The van der Waals surface area contributed by atoms with E-state index in [-0.39, 0.29) is 5.78 Å². The molecule has 0 spiro atoms. The van der Waals surface area contributed by atoms with Crippen LogP contribution in [0.4, 0.5) is 0 Å². The van der Waals surface area contributed by atoms with Gasteiger partial charge >= 0.3 is 0 Å². The average Bonchev–Trinajstić information content (AvgIpc) is 2.12. The van der Waals surface area contributed by atoms with Crippen molar-refractivity contribution in [2.24, 2.45) is 0 Å². The van der Waals surface area contributed by atoms with Gasteiger partial charge in [-0.2, -0.15) is 0 Å². The van der Waals surface area contributed by atoms with E-state index in [4.69, 9.17) is 0 Å². The molecule has 2 rings (SSSR count). The minimum atomic E-state index is 0.173. The van der Waals surface area contributed by atoms with Gasteiger partial charge in [-0.3, -0.25) is 4.79 Å². The Hall–Kier alpha value is -1.37. The lowest BCUT2D eigenvalue weighted by molar-refractivity contribution is -0.112. The number of benzene rings is 1. The highest BCUT2D eigenvalue weighted by Gasteiger charge is 2.24. The van der Waals surface area contributed by atoms with Crippen molar-refractivity contribution in [2.45, 2.75) is 25.7 Å². The summed E-state index contributed by atoms with van der Waals surface area (Å²) in [7, 11) is 0. The Balaban J connectivity index is 1.99. The molecule has 1 aromatic rings. The summed E-state index contributed by atoms with van der Waals surface area (Å²) >= 11 is 0. The molecule has 1 aliphatic carbocycles. The highest BCUT2D eigenvalue weighted by molar-refractivity contribution is 5.88. The minimum Gasteiger partial charge on any atom is -0.295 e. The van der Waals surface area contributed by atoms with Crippen molar-refractivity contribution >= 4 is 5.78 Å². The van der Waals surface area contributed by atoms with Gasteiger partial charge in [0.1, 0.15) is 0 Å². The van der Waals surface area contributed by atoms with E-state index in [0.717, 1.165) is 12.8 Å². The molecule has 0 N–H and O–H groups in total. The van der Waals surface area contributed by atoms with Crippen LogP contribution in [0.3, 0.4) is 0 Å². The number of rotatable bonds is 2. The Bertz CT molecular complexity index is 354. The average molecular weight is 186 g/mol. The van der Waals surface area contributed by atoms with Crippen LogP contribution in [0.25, 0.3) is 0 Å². The maximum atomic E-state index is 10.8. The fourth-order valence-corrected chi connectivity index (χ4v) is 1.94. The Morgan fingerprint density at radius 1 is 1.29 bits per heavy atom. The summed E-state index contributed by atoms with van der Waals surface area (Å²) in [6, 6.07) is 10.5. The SMILES string of the molecule is CC(=O)C=C1CC(c2ccccc2)C1. The van der Waals surface area contributed by atoms with E-state index >= 15 is 0 Å². The molecule has 1 saturated carbocycles. The lowest BCUT2D eigenvalue weighted by Gasteiger charge is -2.29. The van der Waals surface area contributed by atoms with Crippen molar-refractivity contribution < 1.29 is 4.79 Å². The Labute approximate surface area is 84.5 Å². The van der Waals surface area contributed by atoms with E-state index in [0.29, 0.717) is 5.92 Å². The van der Waals surface area contributed by atoms with Gasteiger partial charge in [0.15, 0.2) is 5.78 Å². The lowest BCUT2D eigenvalue weighted by atomic mass is 9.75. The van der Waals surface area contributed by atoms with E-state index in [1.165, 1.54) is 11.1 Å². The normalized spacial score (nSPS) is 20.1. The van der Waals surface area contributed by atoms with Gasteiger partial charge in [-0.15, -0.1) is 0 Å². The standard InChI is InChI=1S/C13H14O/c1-10(14)7-11-8-13(9-11)12-5-3-2-4-6-12/h2-7,13H,8-9H2,1H3. The number of carbonyl (C=O) groups is 1. The second-order valence-electron chi connectivity index (χ2n) is 3.93. The molecule has 0 amide bonds. The van der Waals surface area contributed by atoms with Crippen LogP contribution in [0.5, 0.6) is 0 Å². The first-order valence-corrected chi connectivity index (χ1v) is 5.00. The Morgan fingerprint density at radius 2 is 1.93 bits per heavy atom. The highest BCUT2D eigenvalue weighted by Crippen LogP contribution is 2.40. The number of allylic oxidation sites excluding steroid dienone is 2. The van der Waals surface area contributed by atoms with Crippen LogP contribution >= 0.6 is 0 Å². The van der Waals surface area contributed by atoms with Crippen LogP contribution in [0.15, 0.2) is 42.0 Å². The zero-order valence-electron chi connectivity index (χ0n) is 8.36. The molecule has 0 atom stereocenters. The van der Waals surface area contributed by atoms with Gasteiger partial charge in [0.25, 0.3) is 0 Å². The summed E-state index contributed by atoms with van der Waals surface area (Å²) in [5.74, 6) is 0.813. The number of hydrogen-bond donors (Lipinski definition) is 0. The number of hydrogen-bond acceptors (Lipinski definition) is 1. The summed E-state index contributed by atoms with van der Waals surface area (Å²) in [5, 5.41) is 0. The summed E-state index contributed by atoms with van der Waals surface area (Å²) in [5.41, 5.74) is 2.69. The van der Waals surface area contributed by atoms with E-state index in [1.807, 2.05) is 6.07 Å². The zero-order chi connectivity index (χ0) is 9.97. The smallest absolute Gasteiger partial charge is 0.152 e. The predicted octanol–water partition coefficient (Wildman–Crippen LogP) is 3.08. The third kappa shape index (κ3) is 1.92. The molecule has 1 fully saturated rings. The van der Waals surface area contributed by atoms with Gasteiger partial charge in [0, 0.05) is 0 Å². The molecular formula is C13H14O. The molecule has 0 heterocycles.